The summed E-state index contributed by atoms with van der Waals surface area (Å²) in [5, 5.41) is 7.21. The summed E-state index contributed by atoms with van der Waals surface area (Å²) in [6, 6.07) is 11.7. The van der Waals surface area contributed by atoms with Crippen molar-refractivity contribution in [2.45, 2.75) is 6.61 Å². The maximum absolute atomic E-state index is 12.3. The van der Waals surface area contributed by atoms with Crippen LogP contribution < -0.4 is 25.0 Å². The lowest BCUT2D eigenvalue weighted by Crippen LogP contribution is -2.24. The SMILES string of the molecule is COc1ccccc1NC(=S)N/N=C\c1ccc(OC(F)F)c(OC)c1. The van der Waals surface area contributed by atoms with Crippen LogP contribution >= 0.6 is 12.2 Å². The van der Waals surface area contributed by atoms with Gasteiger partial charge in [-0.25, -0.2) is 0 Å². The molecule has 2 N–H and O–H groups in total. The number of rotatable bonds is 7. The zero-order valence-corrected chi connectivity index (χ0v) is 14.8. The molecule has 0 saturated carbocycles. The topological polar surface area (TPSA) is 64.1 Å². The summed E-state index contributed by atoms with van der Waals surface area (Å²) in [5.41, 5.74) is 3.96. The second kappa shape index (κ2) is 9.52. The average Bonchev–Trinajstić information content (AvgIpc) is 2.62. The van der Waals surface area contributed by atoms with Crippen molar-refractivity contribution < 1.29 is 23.0 Å². The molecule has 0 heterocycles. The Labute approximate surface area is 154 Å². The molecule has 26 heavy (non-hydrogen) atoms. The third kappa shape index (κ3) is 5.55. The number of thiocarbonyl (C=S) groups is 1. The van der Waals surface area contributed by atoms with Gasteiger partial charge in [-0.15, -0.1) is 0 Å². The summed E-state index contributed by atoms with van der Waals surface area (Å²) in [5.74, 6) is 0.755. The third-order valence-electron chi connectivity index (χ3n) is 3.14. The van der Waals surface area contributed by atoms with Gasteiger partial charge in [0.25, 0.3) is 0 Å². The van der Waals surface area contributed by atoms with Crippen molar-refractivity contribution in [3.8, 4) is 17.2 Å². The first-order valence-corrected chi connectivity index (χ1v) is 7.80. The van der Waals surface area contributed by atoms with E-state index in [2.05, 4.69) is 20.6 Å². The van der Waals surface area contributed by atoms with E-state index in [9.17, 15) is 8.78 Å². The van der Waals surface area contributed by atoms with Gasteiger partial charge in [0, 0.05) is 0 Å². The lowest BCUT2D eigenvalue weighted by molar-refractivity contribution is -0.0512. The maximum atomic E-state index is 12.3. The number of nitrogens with zero attached hydrogens (tertiary/aromatic N) is 1. The fourth-order valence-electron chi connectivity index (χ4n) is 2.02. The molecule has 0 saturated heterocycles. The van der Waals surface area contributed by atoms with E-state index < -0.39 is 6.61 Å². The molecule has 0 unspecified atom stereocenters. The van der Waals surface area contributed by atoms with E-state index in [0.29, 0.717) is 17.0 Å². The Balaban J connectivity index is 1.98. The molecule has 9 heteroatoms. The molecule has 2 aromatic carbocycles. The van der Waals surface area contributed by atoms with E-state index in [-0.39, 0.29) is 16.6 Å². The fraction of sp³-hybridized carbons (Fsp3) is 0.176. The van der Waals surface area contributed by atoms with Gasteiger partial charge in [-0.2, -0.15) is 13.9 Å². The van der Waals surface area contributed by atoms with Gasteiger partial charge in [-0.1, -0.05) is 12.1 Å². The van der Waals surface area contributed by atoms with Crippen LogP contribution in [0.15, 0.2) is 47.6 Å². The van der Waals surface area contributed by atoms with Gasteiger partial charge < -0.3 is 19.5 Å². The van der Waals surface area contributed by atoms with Gasteiger partial charge >= 0.3 is 6.61 Å². The van der Waals surface area contributed by atoms with Crippen molar-refractivity contribution in [2.75, 3.05) is 19.5 Å². The molecule has 0 spiro atoms. The highest BCUT2D eigenvalue weighted by Crippen LogP contribution is 2.29. The van der Waals surface area contributed by atoms with Gasteiger partial charge in [-0.3, -0.25) is 5.43 Å². The smallest absolute Gasteiger partial charge is 0.387 e. The molecule has 0 aliphatic heterocycles. The van der Waals surface area contributed by atoms with Gasteiger partial charge in [0.05, 0.1) is 26.1 Å². The second-order valence-corrected chi connectivity index (χ2v) is 5.22. The minimum atomic E-state index is -2.93. The van der Waals surface area contributed by atoms with Crippen LogP contribution in [-0.2, 0) is 0 Å². The number of benzene rings is 2. The Morgan fingerprint density at radius 1 is 1.08 bits per heavy atom. The van der Waals surface area contributed by atoms with Crippen LogP contribution in [0.4, 0.5) is 14.5 Å². The van der Waals surface area contributed by atoms with E-state index >= 15 is 0 Å². The Morgan fingerprint density at radius 2 is 1.81 bits per heavy atom. The van der Waals surface area contributed by atoms with E-state index in [0.717, 1.165) is 0 Å². The largest absolute Gasteiger partial charge is 0.495 e. The van der Waals surface area contributed by atoms with E-state index in [1.807, 2.05) is 18.2 Å². The van der Waals surface area contributed by atoms with E-state index in [1.54, 1.807) is 19.2 Å². The third-order valence-corrected chi connectivity index (χ3v) is 3.33. The van der Waals surface area contributed by atoms with Gasteiger partial charge in [0.2, 0.25) is 0 Å². The summed E-state index contributed by atoms with van der Waals surface area (Å²) in [6.45, 7) is -2.93. The normalized spacial score (nSPS) is 10.7. The van der Waals surface area contributed by atoms with Crippen LogP contribution in [0.25, 0.3) is 0 Å². The van der Waals surface area contributed by atoms with Gasteiger partial charge in [0.15, 0.2) is 16.6 Å². The Kier molecular flexibility index (Phi) is 7.10. The molecule has 0 aromatic heterocycles. The number of hydrazone groups is 1. The molecular formula is C17H17F2N3O3S. The molecule has 6 nitrogen and oxygen atoms in total. The number of anilines is 1. The molecular weight excluding hydrogens is 364 g/mol. The highest BCUT2D eigenvalue weighted by atomic mass is 32.1. The Bertz CT molecular complexity index is 788. The van der Waals surface area contributed by atoms with Crippen molar-refractivity contribution in [2.24, 2.45) is 5.10 Å². The number of hydrogen-bond acceptors (Lipinski definition) is 5. The first-order chi connectivity index (χ1) is 12.5. The van der Waals surface area contributed by atoms with Crippen molar-refractivity contribution in [3.05, 3.63) is 48.0 Å². The maximum Gasteiger partial charge on any atom is 0.387 e. The van der Waals surface area contributed by atoms with Crippen molar-refractivity contribution in [1.82, 2.24) is 5.43 Å². The predicted octanol–water partition coefficient (Wildman–Crippen LogP) is 3.63. The molecule has 0 fully saturated rings. The van der Waals surface area contributed by atoms with E-state index in [1.165, 1.54) is 25.5 Å². The zero-order chi connectivity index (χ0) is 18.9. The zero-order valence-electron chi connectivity index (χ0n) is 14.0. The van der Waals surface area contributed by atoms with Crippen molar-refractivity contribution in [3.63, 3.8) is 0 Å². The van der Waals surface area contributed by atoms with Crippen LogP contribution in [0.5, 0.6) is 17.2 Å². The molecule has 0 aliphatic carbocycles. The molecule has 0 bridgehead atoms. The van der Waals surface area contributed by atoms with Gasteiger partial charge in [-0.05, 0) is 48.1 Å². The Morgan fingerprint density at radius 3 is 2.50 bits per heavy atom. The number of alkyl halides is 2. The standard InChI is InChI=1S/C17H17F2N3O3S/c1-23-13-6-4-3-5-12(13)21-17(26)22-20-10-11-7-8-14(25-16(18)19)15(9-11)24-2/h3-10,16H,1-2H3,(H2,21,22,26)/b20-10-. The molecule has 0 atom stereocenters. The Hall–Kier alpha value is -2.94. The minimum Gasteiger partial charge on any atom is -0.495 e. The summed E-state index contributed by atoms with van der Waals surface area (Å²) in [6.07, 6.45) is 1.46. The molecule has 0 radical (unpaired) electrons. The van der Waals surface area contributed by atoms with Crippen LogP contribution in [0.2, 0.25) is 0 Å². The van der Waals surface area contributed by atoms with Crippen molar-refractivity contribution >= 4 is 29.2 Å². The van der Waals surface area contributed by atoms with Gasteiger partial charge in [0.1, 0.15) is 5.75 Å². The van der Waals surface area contributed by atoms with Crippen LogP contribution in [0, 0.1) is 0 Å². The molecule has 0 amide bonds. The second-order valence-electron chi connectivity index (χ2n) is 4.81. The lowest BCUT2D eigenvalue weighted by atomic mass is 10.2. The minimum absolute atomic E-state index is 0.0547. The number of ether oxygens (including phenoxy) is 3. The highest BCUT2D eigenvalue weighted by Gasteiger charge is 2.10. The summed E-state index contributed by atoms with van der Waals surface area (Å²) in [7, 11) is 2.92. The number of nitrogens with one attached hydrogen (secondary N) is 2. The molecule has 2 aromatic rings. The monoisotopic (exact) mass is 381 g/mol. The highest BCUT2D eigenvalue weighted by molar-refractivity contribution is 7.80. The fourth-order valence-corrected chi connectivity index (χ4v) is 2.18. The molecule has 138 valence electrons. The van der Waals surface area contributed by atoms with Crippen LogP contribution in [0.1, 0.15) is 5.56 Å². The summed E-state index contributed by atoms with van der Waals surface area (Å²) in [4.78, 5) is 0. The number of methoxy groups -OCH3 is 2. The first-order valence-electron chi connectivity index (χ1n) is 7.39. The molecule has 0 aliphatic rings. The summed E-state index contributed by atoms with van der Waals surface area (Å²) < 4.78 is 39.2. The van der Waals surface area contributed by atoms with E-state index in [4.69, 9.17) is 21.7 Å². The summed E-state index contributed by atoms with van der Waals surface area (Å²) >= 11 is 5.16. The molecule has 2 rings (SSSR count). The lowest BCUT2D eigenvalue weighted by Gasteiger charge is -2.11. The average molecular weight is 381 g/mol. The van der Waals surface area contributed by atoms with Crippen LogP contribution in [-0.4, -0.2) is 32.2 Å². The van der Waals surface area contributed by atoms with Crippen molar-refractivity contribution in [1.29, 1.82) is 0 Å². The number of hydrogen-bond donors (Lipinski definition) is 2. The number of para-hydroxylation sites is 2. The predicted molar refractivity (Wildman–Crippen MR) is 99.6 cm³/mol. The quantitative estimate of drug-likeness (QED) is 0.434. The van der Waals surface area contributed by atoms with Crippen LogP contribution in [0.3, 0.4) is 0 Å². The number of halogens is 2. The first kappa shape index (κ1) is 19.4.